The SMILES string of the molecule is Cc1cc(S(=O)(=O)N(CCO)CC(F)(F)F)ccc1Br. The second-order valence-electron chi connectivity index (χ2n) is 4.09. The molecule has 0 unspecified atom stereocenters. The molecule has 20 heavy (non-hydrogen) atoms. The van der Waals surface area contributed by atoms with Gasteiger partial charge in [0.15, 0.2) is 0 Å². The molecular formula is C11H13BrF3NO3S. The van der Waals surface area contributed by atoms with E-state index < -0.39 is 35.9 Å². The van der Waals surface area contributed by atoms with Crippen LogP contribution in [0.2, 0.25) is 0 Å². The molecule has 0 aliphatic heterocycles. The summed E-state index contributed by atoms with van der Waals surface area (Å²) in [6.45, 7) is -1.31. The number of rotatable bonds is 5. The molecule has 1 aromatic carbocycles. The van der Waals surface area contributed by atoms with Gasteiger partial charge in [0.1, 0.15) is 6.54 Å². The van der Waals surface area contributed by atoms with E-state index in [1.165, 1.54) is 18.2 Å². The average Bonchev–Trinajstić information content (AvgIpc) is 2.30. The Morgan fingerprint density at radius 3 is 2.40 bits per heavy atom. The Morgan fingerprint density at radius 2 is 1.95 bits per heavy atom. The summed E-state index contributed by atoms with van der Waals surface area (Å²) in [6.07, 6.45) is -4.67. The third-order valence-corrected chi connectivity index (χ3v) is 5.20. The van der Waals surface area contributed by atoms with E-state index in [-0.39, 0.29) is 9.20 Å². The van der Waals surface area contributed by atoms with Gasteiger partial charge < -0.3 is 5.11 Å². The maximum atomic E-state index is 12.4. The first-order valence-electron chi connectivity index (χ1n) is 5.52. The number of aliphatic hydroxyl groups is 1. The second-order valence-corrected chi connectivity index (χ2v) is 6.88. The standard InChI is InChI=1S/C11H13BrF3NO3S/c1-8-6-9(2-3-10(8)12)20(18,19)16(4-5-17)7-11(13,14)15/h2-3,6,17H,4-5,7H2,1H3. The van der Waals surface area contributed by atoms with Crippen LogP contribution >= 0.6 is 15.9 Å². The fraction of sp³-hybridized carbons (Fsp3) is 0.455. The van der Waals surface area contributed by atoms with Crippen molar-refractivity contribution in [1.82, 2.24) is 4.31 Å². The fourth-order valence-electron chi connectivity index (χ4n) is 1.52. The second kappa shape index (κ2) is 6.42. The van der Waals surface area contributed by atoms with Crippen molar-refractivity contribution in [3.05, 3.63) is 28.2 Å². The van der Waals surface area contributed by atoms with Crippen LogP contribution in [0, 0.1) is 6.92 Å². The summed E-state index contributed by atoms with van der Waals surface area (Å²) in [5, 5.41) is 8.76. The molecule has 0 saturated carbocycles. The van der Waals surface area contributed by atoms with E-state index in [0.717, 1.165) is 0 Å². The number of aryl methyl sites for hydroxylation is 1. The Balaban J connectivity index is 3.18. The zero-order chi connectivity index (χ0) is 15.6. The number of sulfonamides is 1. The van der Waals surface area contributed by atoms with Gasteiger partial charge in [0.25, 0.3) is 0 Å². The molecule has 0 radical (unpaired) electrons. The smallest absolute Gasteiger partial charge is 0.395 e. The Hall–Kier alpha value is -0.640. The van der Waals surface area contributed by atoms with Gasteiger partial charge in [0, 0.05) is 11.0 Å². The Morgan fingerprint density at radius 1 is 1.35 bits per heavy atom. The highest BCUT2D eigenvalue weighted by molar-refractivity contribution is 9.10. The number of halogens is 4. The van der Waals surface area contributed by atoms with Crippen molar-refractivity contribution in [1.29, 1.82) is 0 Å². The van der Waals surface area contributed by atoms with Crippen LogP contribution in [0.3, 0.4) is 0 Å². The van der Waals surface area contributed by atoms with Gasteiger partial charge in [-0.25, -0.2) is 8.42 Å². The minimum absolute atomic E-state index is 0.218. The van der Waals surface area contributed by atoms with Crippen LogP contribution in [-0.2, 0) is 10.0 Å². The molecule has 0 fully saturated rings. The lowest BCUT2D eigenvalue weighted by atomic mass is 10.2. The van der Waals surface area contributed by atoms with Gasteiger partial charge in [-0.15, -0.1) is 0 Å². The average molecular weight is 376 g/mol. The number of aliphatic hydroxyl groups excluding tert-OH is 1. The minimum Gasteiger partial charge on any atom is -0.395 e. The molecule has 0 bridgehead atoms. The van der Waals surface area contributed by atoms with Gasteiger partial charge in [-0.2, -0.15) is 17.5 Å². The number of alkyl halides is 3. The van der Waals surface area contributed by atoms with E-state index in [1.54, 1.807) is 6.92 Å². The summed E-state index contributed by atoms with van der Waals surface area (Å²) in [7, 11) is -4.30. The van der Waals surface area contributed by atoms with E-state index in [0.29, 0.717) is 10.0 Å². The van der Waals surface area contributed by atoms with Gasteiger partial charge in [0.2, 0.25) is 10.0 Å². The molecule has 0 spiro atoms. The number of nitrogens with zero attached hydrogens (tertiary/aromatic N) is 1. The molecule has 9 heteroatoms. The van der Waals surface area contributed by atoms with Crippen LogP contribution in [0.4, 0.5) is 13.2 Å². The van der Waals surface area contributed by atoms with Crippen molar-refractivity contribution in [3.8, 4) is 0 Å². The molecule has 0 aliphatic carbocycles. The van der Waals surface area contributed by atoms with Crippen LogP contribution in [0.5, 0.6) is 0 Å². The van der Waals surface area contributed by atoms with E-state index in [9.17, 15) is 21.6 Å². The topological polar surface area (TPSA) is 57.6 Å². The fourth-order valence-corrected chi connectivity index (χ4v) is 3.27. The lowest BCUT2D eigenvalue weighted by molar-refractivity contribution is -0.136. The molecule has 0 saturated heterocycles. The maximum absolute atomic E-state index is 12.4. The van der Waals surface area contributed by atoms with E-state index in [2.05, 4.69) is 15.9 Å². The van der Waals surface area contributed by atoms with Gasteiger partial charge in [0.05, 0.1) is 11.5 Å². The van der Waals surface area contributed by atoms with Crippen molar-refractivity contribution in [2.45, 2.75) is 18.0 Å². The molecule has 4 nitrogen and oxygen atoms in total. The highest BCUT2D eigenvalue weighted by Gasteiger charge is 2.36. The number of hydrogen-bond acceptors (Lipinski definition) is 3. The van der Waals surface area contributed by atoms with Crippen molar-refractivity contribution < 1.29 is 26.7 Å². The summed E-state index contributed by atoms with van der Waals surface area (Å²) in [4.78, 5) is -0.240. The molecule has 1 aromatic rings. The number of benzene rings is 1. The highest BCUT2D eigenvalue weighted by Crippen LogP contribution is 2.25. The van der Waals surface area contributed by atoms with Crippen LogP contribution in [-0.4, -0.2) is 43.7 Å². The van der Waals surface area contributed by atoms with Crippen molar-refractivity contribution >= 4 is 26.0 Å². The first kappa shape index (κ1) is 17.4. The summed E-state index contributed by atoms with van der Waals surface area (Å²) in [5.74, 6) is 0. The van der Waals surface area contributed by atoms with E-state index in [1.807, 2.05) is 0 Å². The van der Waals surface area contributed by atoms with Gasteiger partial charge in [-0.05, 0) is 30.7 Å². The molecule has 0 aliphatic rings. The van der Waals surface area contributed by atoms with E-state index in [4.69, 9.17) is 5.11 Å². The third kappa shape index (κ3) is 4.44. The number of hydrogen-bond donors (Lipinski definition) is 1. The van der Waals surface area contributed by atoms with E-state index >= 15 is 0 Å². The highest BCUT2D eigenvalue weighted by atomic mass is 79.9. The first-order valence-corrected chi connectivity index (χ1v) is 7.75. The van der Waals surface area contributed by atoms with Gasteiger partial charge >= 0.3 is 6.18 Å². The summed E-state index contributed by atoms with van der Waals surface area (Å²) < 4.78 is 62.5. The van der Waals surface area contributed by atoms with Crippen LogP contribution in [0.25, 0.3) is 0 Å². The quantitative estimate of drug-likeness (QED) is 0.858. The zero-order valence-corrected chi connectivity index (χ0v) is 12.9. The molecule has 0 atom stereocenters. The summed E-state index contributed by atoms with van der Waals surface area (Å²) in [6, 6.07) is 3.94. The summed E-state index contributed by atoms with van der Waals surface area (Å²) >= 11 is 3.18. The minimum atomic E-state index is -4.67. The Bertz CT molecular complexity index is 575. The predicted octanol–water partition coefficient (Wildman–Crippen LogP) is 2.30. The predicted molar refractivity (Wildman–Crippen MR) is 70.8 cm³/mol. The molecule has 0 amide bonds. The molecule has 1 rings (SSSR count). The lowest BCUT2D eigenvalue weighted by Crippen LogP contribution is -2.40. The van der Waals surface area contributed by atoms with Crippen LogP contribution < -0.4 is 0 Å². The Kier molecular flexibility index (Phi) is 5.59. The molecule has 114 valence electrons. The van der Waals surface area contributed by atoms with Crippen LogP contribution in [0.15, 0.2) is 27.6 Å². The first-order chi connectivity index (χ1) is 9.08. The van der Waals surface area contributed by atoms with Crippen molar-refractivity contribution in [2.75, 3.05) is 19.7 Å². The monoisotopic (exact) mass is 375 g/mol. The third-order valence-electron chi connectivity index (χ3n) is 2.47. The molecule has 0 aromatic heterocycles. The lowest BCUT2D eigenvalue weighted by Gasteiger charge is -2.22. The molecule has 1 N–H and O–H groups in total. The Labute approximate surface area is 123 Å². The van der Waals surface area contributed by atoms with Gasteiger partial charge in [-0.3, -0.25) is 0 Å². The van der Waals surface area contributed by atoms with Crippen molar-refractivity contribution in [2.24, 2.45) is 0 Å². The van der Waals surface area contributed by atoms with Crippen molar-refractivity contribution in [3.63, 3.8) is 0 Å². The normalized spacial score (nSPS) is 12.9. The van der Waals surface area contributed by atoms with Gasteiger partial charge in [-0.1, -0.05) is 15.9 Å². The molecule has 0 heterocycles. The molecular weight excluding hydrogens is 363 g/mol. The summed E-state index contributed by atoms with van der Waals surface area (Å²) in [5.41, 5.74) is 0.585. The largest absolute Gasteiger partial charge is 0.402 e. The van der Waals surface area contributed by atoms with Crippen LogP contribution in [0.1, 0.15) is 5.56 Å². The zero-order valence-electron chi connectivity index (χ0n) is 10.5. The maximum Gasteiger partial charge on any atom is 0.402 e.